The van der Waals surface area contributed by atoms with E-state index in [-0.39, 0.29) is 11.5 Å². The summed E-state index contributed by atoms with van der Waals surface area (Å²) in [5, 5.41) is 3.37. The monoisotopic (exact) mass is 292 g/mol. The summed E-state index contributed by atoms with van der Waals surface area (Å²) in [6, 6.07) is 0.201. The maximum atomic E-state index is 12.9. The van der Waals surface area contributed by atoms with Crippen molar-refractivity contribution in [3.8, 4) is 0 Å². The third-order valence-electron chi connectivity index (χ3n) is 6.35. The van der Waals surface area contributed by atoms with Gasteiger partial charge in [0, 0.05) is 12.0 Å². The van der Waals surface area contributed by atoms with Gasteiger partial charge in [-0.3, -0.25) is 4.79 Å². The van der Waals surface area contributed by atoms with E-state index in [2.05, 4.69) is 26.1 Å². The van der Waals surface area contributed by atoms with Crippen molar-refractivity contribution in [3.63, 3.8) is 0 Å². The van der Waals surface area contributed by atoms with Crippen molar-refractivity contribution in [2.45, 2.75) is 65.3 Å². The number of amides is 1. The van der Waals surface area contributed by atoms with Crippen LogP contribution in [-0.4, -0.2) is 18.5 Å². The maximum Gasteiger partial charge on any atom is 0.223 e. The second kappa shape index (κ2) is 5.57. The van der Waals surface area contributed by atoms with Crippen LogP contribution in [0.25, 0.3) is 0 Å². The molecule has 0 aliphatic heterocycles. The molecule has 3 nitrogen and oxygen atoms in total. The highest BCUT2D eigenvalue weighted by Crippen LogP contribution is 2.56. The first-order valence-corrected chi connectivity index (χ1v) is 8.89. The molecule has 0 aromatic rings. The van der Waals surface area contributed by atoms with Crippen LogP contribution in [0.4, 0.5) is 0 Å². The number of nitrogens with one attached hydrogen (secondary N) is 1. The molecular weight excluding hydrogens is 260 g/mol. The Kier molecular flexibility index (Phi) is 4.06. The van der Waals surface area contributed by atoms with Crippen molar-refractivity contribution in [2.75, 3.05) is 6.54 Å². The molecule has 0 radical (unpaired) electrons. The van der Waals surface area contributed by atoms with Gasteiger partial charge in [0.25, 0.3) is 0 Å². The highest BCUT2D eigenvalue weighted by atomic mass is 16.2. The van der Waals surface area contributed by atoms with Crippen LogP contribution in [0.15, 0.2) is 0 Å². The average molecular weight is 292 g/mol. The van der Waals surface area contributed by atoms with Crippen LogP contribution in [0.5, 0.6) is 0 Å². The Morgan fingerprint density at radius 1 is 1.10 bits per heavy atom. The van der Waals surface area contributed by atoms with Crippen LogP contribution >= 0.6 is 0 Å². The molecule has 1 atom stereocenters. The van der Waals surface area contributed by atoms with Crippen molar-refractivity contribution < 1.29 is 4.79 Å². The molecule has 1 unspecified atom stereocenters. The number of hydrogen-bond acceptors (Lipinski definition) is 2. The van der Waals surface area contributed by atoms with Crippen LogP contribution in [-0.2, 0) is 4.79 Å². The van der Waals surface area contributed by atoms with E-state index in [1.54, 1.807) is 0 Å². The maximum absolute atomic E-state index is 12.9. The molecule has 0 aromatic carbocycles. The Bertz CT molecular complexity index is 371. The molecule has 4 aliphatic carbocycles. The summed E-state index contributed by atoms with van der Waals surface area (Å²) in [6.07, 6.45) is 7.55. The van der Waals surface area contributed by atoms with Gasteiger partial charge in [0.15, 0.2) is 0 Å². The molecule has 0 heterocycles. The Hall–Kier alpha value is -0.570. The minimum atomic E-state index is 0.0843. The molecule has 4 bridgehead atoms. The van der Waals surface area contributed by atoms with Gasteiger partial charge in [0.05, 0.1) is 0 Å². The highest BCUT2D eigenvalue weighted by Gasteiger charge is 2.51. The molecule has 21 heavy (non-hydrogen) atoms. The third-order valence-corrected chi connectivity index (χ3v) is 6.35. The smallest absolute Gasteiger partial charge is 0.223 e. The number of hydrogen-bond donors (Lipinski definition) is 2. The quantitative estimate of drug-likeness (QED) is 0.837. The van der Waals surface area contributed by atoms with Crippen molar-refractivity contribution in [2.24, 2.45) is 40.7 Å². The molecule has 1 amide bonds. The van der Waals surface area contributed by atoms with Gasteiger partial charge in [-0.25, -0.2) is 0 Å². The lowest BCUT2D eigenvalue weighted by Gasteiger charge is -2.54. The van der Waals surface area contributed by atoms with Crippen molar-refractivity contribution >= 4 is 5.91 Å². The molecule has 120 valence electrons. The number of carbonyl (C=O) groups is 1. The first kappa shape index (κ1) is 15.3. The van der Waals surface area contributed by atoms with E-state index < -0.39 is 0 Å². The van der Waals surface area contributed by atoms with Crippen LogP contribution in [0.3, 0.4) is 0 Å². The normalized spacial score (nSPS) is 39.3. The van der Waals surface area contributed by atoms with Gasteiger partial charge in [0.2, 0.25) is 5.91 Å². The zero-order valence-corrected chi connectivity index (χ0v) is 13.9. The summed E-state index contributed by atoms with van der Waals surface area (Å²) in [7, 11) is 0. The fourth-order valence-electron chi connectivity index (χ4n) is 5.51. The molecule has 0 saturated heterocycles. The second-order valence-electron chi connectivity index (χ2n) is 8.96. The van der Waals surface area contributed by atoms with Crippen molar-refractivity contribution in [1.29, 1.82) is 0 Å². The van der Waals surface area contributed by atoms with Crippen LogP contribution in [0.2, 0.25) is 0 Å². The first-order valence-electron chi connectivity index (χ1n) is 8.89. The number of rotatable bonds is 4. The van der Waals surface area contributed by atoms with Crippen molar-refractivity contribution in [3.05, 3.63) is 0 Å². The SMILES string of the molecule is CC(C)(C)C(CCN)NC(=O)C1C2CC3CC(C2)CC1C3. The first-order chi connectivity index (χ1) is 9.88. The summed E-state index contributed by atoms with van der Waals surface area (Å²) in [5.74, 6) is 3.81. The molecule has 4 rings (SSSR count). The topological polar surface area (TPSA) is 55.1 Å². The zero-order chi connectivity index (χ0) is 15.2. The Morgan fingerprint density at radius 3 is 2.05 bits per heavy atom. The average Bonchev–Trinajstić information content (AvgIpc) is 2.35. The summed E-state index contributed by atoms with van der Waals surface area (Å²) in [6.45, 7) is 7.24. The fourth-order valence-corrected chi connectivity index (χ4v) is 5.51. The third kappa shape index (κ3) is 2.99. The highest BCUT2D eigenvalue weighted by molar-refractivity contribution is 5.80. The molecule has 4 fully saturated rings. The van der Waals surface area contributed by atoms with Crippen LogP contribution in [0.1, 0.15) is 59.3 Å². The second-order valence-corrected chi connectivity index (χ2v) is 8.96. The molecule has 3 heteroatoms. The molecule has 4 aliphatic rings. The molecule has 0 aromatic heterocycles. The lowest BCUT2D eigenvalue weighted by molar-refractivity contribution is -0.139. The van der Waals surface area contributed by atoms with Gasteiger partial charge in [-0.1, -0.05) is 20.8 Å². The van der Waals surface area contributed by atoms with E-state index in [4.69, 9.17) is 5.73 Å². The lowest BCUT2D eigenvalue weighted by atomic mass is 9.51. The van der Waals surface area contributed by atoms with Gasteiger partial charge >= 0.3 is 0 Å². The summed E-state index contributed by atoms with van der Waals surface area (Å²) < 4.78 is 0. The lowest BCUT2D eigenvalue weighted by Crippen LogP contribution is -2.54. The minimum absolute atomic E-state index is 0.0843. The minimum Gasteiger partial charge on any atom is -0.353 e. The van der Waals surface area contributed by atoms with E-state index >= 15 is 0 Å². The van der Waals surface area contributed by atoms with Crippen LogP contribution in [0, 0.1) is 35.0 Å². The van der Waals surface area contributed by atoms with E-state index in [0.29, 0.717) is 30.2 Å². The van der Waals surface area contributed by atoms with Gasteiger partial charge in [0.1, 0.15) is 0 Å². The Balaban J connectivity index is 1.67. The zero-order valence-electron chi connectivity index (χ0n) is 13.9. The summed E-state index contributed by atoms with van der Waals surface area (Å²) >= 11 is 0. The molecular formula is C18H32N2O. The van der Waals surface area contributed by atoms with Crippen LogP contribution < -0.4 is 11.1 Å². The largest absolute Gasteiger partial charge is 0.353 e. The fraction of sp³-hybridized carbons (Fsp3) is 0.944. The molecule has 4 saturated carbocycles. The summed E-state index contributed by atoms with van der Waals surface area (Å²) in [4.78, 5) is 12.9. The van der Waals surface area contributed by atoms with E-state index in [1.807, 2.05) is 0 Å². The van der Waals surface area contributed by atoms with Gasteiger partial charge in [-0.15, -0.1) is 0 Å². The van der Waals surface area contributed by atoms with E-state index in [0.717, 1.165) is 18.3 Å². The summed E-state index contributed by atoms with van der Waals surface area (Å²) in [5.41, 5.74) is 5.83. The number of carbonyl (C=O) groups excluding carboxylic acids is 1. The van der Waals surface area contributed by atoms with E-state index in [9.17, 15) is 4.79 Å². The Morgan fingerprint density at radius 2 is 1.62 bits per heavy atom. The number of nitrogens with two attached hydrogens (primary N) is 1. The van der Waals surface area contributed by atoms with Crippen molar-refractivity contribution in [1.82, 2.24) is 5.32 Å². The predicted molar refractivity (Wildman–Crippen MR) is 85.6 cm³/mol. The molecule has 3 N–H and O–H groups in total. The van der Waals surface area contributed by atoms with E-state index in [1.165, 1.54) is 32.1 Å². The standard InChI is InChI=1S/C18H32N2O/c1-18(2,3)15(4-5-19)20-17(21)16-13-7-11-6-12(9-13)10-14(16)8-11/h11-16H,4-10,19H2,1-3H3,(H,20,21). The van der Waals surface area contributed by atoms with Gasteiger partial charge in [-0.05, 0) is 74.2 Å². The Labute approximate surface area is 129 Å². The molecule has 0 spiro atoms. The van der Waals surface area contributed by atoms with Gasteiger partial charge in [-0.2, -0.15) is 0 Å². The van der Waals surface area contributed by atoms with Gasteiger partial charge < -0.3 is 11.1 Å². The predicted octanol–water partition coefficient (Wildman–Crippen LogP) is 2.94.